The number of aryl methyl sites for hydroxylation is 1. The Labute approximate surface area is 85.9 Å². The van der Waals surface area contributed by atoms with Crippen LogP contribution >= 0.6 is 0 Å². The highest BCUT2D eigenvalue weighted by atomic mass is 15.1. The molecule has 0 unspecified atom stereocenters. The molecule has 1 aromatic rings. The van der Waals surface area contributed by atoms with Gasteiger partial charge in [-0.25, -0.2) is 0 Å². The van der Waals surface area contributed by atoms with E-state index < -0.39 is 0 Å². The molecule has 76 valence electrons. The summed E-state index contributed by atoms with van der Waals surface area (Å²) in [6.07, 6.45) is 2.52. The van der Waals surface area contributed by atoms with E-state index in [1.165, 1.54) is 36.2 Å². The van der Waals surface area contributed by atoms with E-state index in [2.05, 4.69) is 35.5 Å². The zero-order valence-electron chi connectivity index (χ0n) is 9.01. The topological polar surface area (TPSA) is 15.3 Å². The molecular weight excluding hydrogens is 172 g/mol. The fourth-order valence-electron chi connectivity index (χ4n) is 2.15. The van der Waals surface area contributed by atoms with Crippen molar-refractivity contribution in [3.63, 3.8) is 0 Å². The molecule has 0 aromatic heterocycles. The Morgan fingerprint density at radius 2 is 2.29 bits per heavy atom. The lowest BCUT2D eigenvalue weighted by Crippen LogP contribution is -2.24. The summed E-state index contributed by atoms with van der Waals surface area (Å²) in [5, 5.41) is 3.19. The maximum Gasteiger partial charge on any atom is 0.0396 e. The van der Waals surface area contributed by atoms with Gasteiger partial charge in [-0.05, 0) is 37.1 Å². The van der Waals surface area contributed by atoms with Crippen molar-refractivity contribution < 1.29 is 0 Å². The van der Waals surface area contributed by atoms with Gasteiger partial charge in [-0.2, -0.15) is 0 Å². The second-order valence-corrected chi connectivity index (χ2v) is 4.02. The largest absolute Gasteiger partial charge is 0.374 e. The molecule has 0 radical (unpaired) electrons. The fraction of sp³-hybridized carbons (Fsp3) is 0.500. The van der Waals surface area contributed by atoms with E-state index in [0.717, 1.165) is 6.54 Å². The highest BCUT2D eigenvalue weighted by Crippen LogP contribution is 2.26. The average Bonchev–Trinajstić information content (AvgIpc) is 2.18. The molecule has 1 aliphatic rings. The van der Waals surface area contributed by atoms with Crippen LogP contribution in [0.5, 0.6) is 0 Å². The first-order chi connectivity index (χ1) is 6.81. The molecule has 0 bridgehead atoms. The third kappa shape index (κ3) is 1.75. The zero-order chi connectivity index (χ0) is 9.97. The smallest absolute Gasteiger partial charge is 0.0396 e. The summed E-state index contributed by atoms with van der Waals surface area (Å²) in [7, 11) is 4.17. The first-order valence-corrected chi connectivity index (χ1v) is 5.29. The SMILES string of the molecule is CNCc1ccc2c(c1)CCCN2C. The number of nitrogens with zero attached hydrogens (tertiary/aromatic N) is 1. The Hall–Kier alpha value is -1.02. The molecule has 0 fully saturated rings. The number of rotatable bonds is 2. The normalized spacial score (nSPS) is 15.4. The molecule has 2 heteroatoms. The lowest BCUT2D eigenvalue weighted by molar-refractivity contribution is 0.739. The quantitative estimate of drug-likeness (QED) is 0.765. The van der Waals surface area contributed by atoms with Gasteiger partial charge in [0.15, 0.2) is 0 Å². The molecule has 0 atom stereocenters. The molecule has 0 saturated carbocycles. The summed E-state index contributed by atoms with van der Waals surface area (Å²) in [6, 6.07) is 6.81. The summed E-state index contributed by atoms with van der Waals surface area (Å²) in [6.45, 7) is 2.16. The van der Waals surface area contributed by atoms with Gasteiger partial charge in [-0.3, -0.25) is 0 Å². The first kappa shape index (κ1) is 9.53. The van der Waals surface area contributed by atoms with Crippen LogP contribution < -0.4 is 10.2 Å². The summed E-state index contributed by atoms with van der Waals surface area (Å²) < 4.78 is 0. The van der Waals surface area contributed by atoms with E-state index in [4.69, 9.17) is 0 Å². The standard InChI is InChI=1S/C12H18N2/c1-13-9-10-5-6-12-11(8-10)4-3-7-14(12)2/h5-6,8,13H,3-4,7,9H2,1-2H3. The molecular formula is C12H18N2. The van der Waals surface area contributed by atoms with Gasteiger partial charge in [0.1, 0.15) is 0 Å². The molecule has 0 spiro atoms. The summed E-state index contributed by atoms with van der Waals surface area (Å²) in [4.78, 5) is 2.35. The van der Waals surface area contributed by atoms with Gasteiger partial charge >= 0.3 is 0 Å². The van der Waals surface area contributed by atoms with Crippen molar-refractivity contribution in [2.75, 3.05) is 25.5 Å². The van der Waals surface area contributed by atoms with Crippen LogP contribution in [0.3, 0.4) is 0 Å². The van der Waals surface area contributed by atoms with Crippen LogP contribution in [-0.2, 0) is 13.0 Å². The third-order valence-corrected chi connectivity index (χ3v) is 2.88. The molecule has 0 amide bonds. The molecule has 1 heterocycles. The second kappa shape index (κ2) is 4.01. The van der Waals surface area contributed by atoms with Crippen molar-refractivity contribution in [2.45, 2.75) is 19.4 Å². The van der Waals surface area contributed by atoms with Crippen LogP contribution in [-0.4, -0.2) is 20.6 Å². The molecule has 0 aliphatic carbocycles. The molecule has 14 heavy (non-hydrogen) atoms. The van der Waals surface area contributed by atoms with Gasteiger partial charge in [0.25, 0.3) is 0 Å². The molecule has 0 saturated heterocycles. The van der Waals surface area contributed by atoms with E-state index >= 15 is 0 Å². The summed E-state index contributed by atoms with van der Waals surface area (Å²) >= 11 is 0. The third-order valence-electron chi connectivity index (χ3n) is 2.88. The Balaban J connectivity index is 2.29. The minimum atomic E-state index is 0.969. The van der Waals surface area contributed by atoms with Crippen molar-refractivity contribution in [3.8, 4) is 0 Å². The van der Waals surface area contributed by atoms with Gasteiger partial charge in [0.2, 0.25) is 0 Å². The Morgan fingerprint density at radius 1 is 1.43 bits per heavy atom. The highest BCUT2D eigenvalue weighted by molar-refractivity contribution is 5.56. The van der Waals surface area contributed by atoms with E-state index in [1.807, 2.05) is 7.05 Å². The van der Waals surface area contributed by atoms with Crippen LogP contribution in [0.15, 0.2) is 18.2 Å². The number of anilines is 1. The first-order valence-electron chi connectivity index (χ1n) is 5.29. The van der Waals surface area contributed by atoms with Crippen LogP contribution in [0.2, 0.25) is 0 Å². The molecule has 1 aliphatic heterocycles. The lowest BCUT2D eigenvalue weighted by atomic mass is 10.00. The molecule has 2 nitrogen and oxygen atoms in total. The highest BCUT2D eigenvalue weighted by Gasteiger charge is 2.12. The Morgan fingerprint density at radius 3 is 3.07 bits per heavy atom. The Bertz CT molecular complexity index is 320. The average molecular weight is 190 g/mol. The number of fused-ring (bicyclic) bond motifs is 1. The number of hydrogen-bond donors (Lipinski definition) is 1. The van der Waals surface area contributed by atoms with Crippen LogP contribution in [0.1, 0.15) is 17.5 Å². The van der Waals surface area contributed by atoms with E-state index in [1.54, 1.807) is 0 Å². The van der Waals surface area contributed by atoms with Crippen molar-refractivity contribution in [2.24, 2.45) is 0 Å². The number of benzene rings is 1. The van der Waals surface area contributed by atoms with E-state index in [9.17, 15) is 0 Å². The van der Waals surface area contributed by atoms with Crippen molar-refractivity contribution >= 4 is 5.69 Å². The summed E-state index contributed by atoms with van der Waals surface area (Å²) in [5.74, 6) is 0. The van der Waals surface area contributed by atoms with E-state index in [-0.39, 0.29) is 0 Å². The minimum Gasteiger partial charge on any atom is -0.374 e. The van der Waals surface area contributed by atoms with Gasteiger partial charge in [0, 0.05) is 25.8 Å². The zero-order valence-corrected chi connectivity index (χ0v) is 9.01. The fourth-order valence-corrected chi connectivity index (χ4v) is 2.15. The van der Waals surface area contributed by atoms with Crippen LogP contribution in [0, 0.1) is 0 Å². The van der Waals surface area contributed by atoms with Gasteiger partial charge in [-0.15, -0.1) is 0 Å². The molecule has 1 aromatic carbocycles. The van der Waals surface area contributed by atoms with Crippen molar-refractivity contribution in [1.29, 1.82) is 0 Å². The van der Waals surface area contributed by atoms with Gasteiger partial charge in [-0.1, -0.05) is 12.1 Å². The predicted molar refractivity (Wildman–Crippen MR) is 60.8 cm³/mol. The van der Waals surface area contributed by atoms with Gasteiger partial charge in [0.05, 0.1) is 0 Å². The minimum absolute atomic E-state index is 0.969. The monoisotopic (exact) mass is 190 g/mol. The summed E-state index contributed by atoms with van der Waals surface area (Å²) in [5.41, 5.74) is 4.31. The van der Waals surface area contributed by atoms with Crippen LogP contribution in [0.25, 0.3) is 0 Å². The molecule has 1 N–H and O–H groups in total. The maximum absolute atomic E-state index is 3.19. The Kier molecular flexibility index (Phi) is 2.73. The predicted octanol–water partition coefficient (Wildman–Crippen LogP) is 1.79. The lowest BCUT2D eigenvalue weighted by Gasteiger charge is -2.27. The van der Waals surface area contributed by atoms with Crippen molar-refractivity contribution in [3.05, 3.63) is 29.3 Å². The number of hydrogen-bond acceptors (Lipinski definition) is 2. The maximum atomic E-state index is 3.19. The van der Waals surface area contributed by atoms with Crippen LogP contribution in [0.4, 0.5) is 5.69 Å². The van der Waals surface area contributed by atoms with Gasteiger partial charge < -0.3 is 10.2 Å². The number of nitrogens with one attached hydrogen (secondary N) is 1. The molecule has 2 rings (SSSR count). The van der Waals surface area contributed by atoms with E-state index in [0.29, 0.717) is 0 Å². The van der Waals surface area contributed by atoms with Crippen molar-refractivity contribution in [1.82, 2.24) is 5.32 Å². The second-order valence-electron chi connectivity index (χ2n) is 4.02.